The number of hydrogen-bond donors (Lipinski definition) is 1. The Hall–Kier alpha value is -0.970. The fourth-order valence-electron chi connectivity index (χ4n) is 1.19. The minimum Gasteiger partial charge on any atom is -0.478 e. The van der Waals surface area contributed by atoms with E-state index in [2.05, 4.69) is 28.5 Å². The van der Waals surface area contributed by atoms with Crippen LogP contribution in [0.4, 0.5) is 5.82 Å². The first-order valence-corrected chi connectivity index (χ1v) is 6.36. The summed E-state index contributed by atoms with van der Waals surface area (Å²) < 4.78 is 5.29. The second-order valence-electron chi connectivity index (χ2n) is 3.18. The third-order valence-electron chi connectivity index (χ3n) is 1.75. The molecule has 0 radical (unpaired) electrons. The highest BCUT2D eigenvalue weighted by Crippen LogP contribution is 2.12. The van der Waals surface area contributed by atoms with Crippen molar-refractivity contribution in [3.05, 3.63) is 12.4 Å². The minimum absolute atomic E-state index is 0.393. The Bertz CT molecular complexity index is 296. The summed E-state index contributed by atoms with van der Waals surface area (Å²) >= 11 is 1.81. The Morgan fingerprint density at radius 1 is 1.53 bits per heavy atom. The molecule has 1 aromatic heterocycles. The van der Waals surface area contributed by atoms with Gasteiger partial charge in [0.1, 0.15) is 12.1 Å². The number of ether oxygens (including phenoxy) is 1. The van der Waals surface area contributed by atoms with Crippen LogP contribution in [0.3, 0.4) is 0 Å². The van der Waals surface area contributed by atoms with Crippen molar-refractivity contribution in [3.8, 4) is 5.88 Å². The fraction of sp³-hybridized carbons (Fsp3) is 0.600. The van der Waals surface area contributed by atoms with Gasteiger partial charge in [-0.2, -0.15) is 11.8 Å². The van der Waals surface area contributed by atoms with E-state index < -0.39 is 0 Å². The number of nitrogens with zero attached hydrogens (tertiary/aromatic N) is 2. The molecule has 0 saturated heterocycles. The molecule has 1 heterocycles. The number of anilines is 1. The fourth-order valence-corrected chi connectivity index (χ4v) is 1.77. The largest absolute Gasteiger partial charge is 0.478 e. The number of nitrogens with one attached hydrogen (secondary N) is 1. The van der Waals surface area contributed by atoms with Gasteiger partial charge in [0.15, 0.2) is 0 Å². The summed E-state index contributed by atoms with van der Waals surface area (Å²) in [4.78, 5) is 8.14. The molecule has 0 amide bonds. The summed E-state index contributed by atoms with van der Waals surface area (Å²) in [5.74, 6) is 2.48. The molecule has 0 aliphatic carbocycles. The van der Waals surface area contributed by atoms with E-state index in [1.807, 2.05) is 13.0 Å². The van der Waals surface area contributed by atoms with E-state index in [-0.39, 0.29) is 0 Å². The van der Waals surface area contributed by atoms with Crippen molar-refractivity contribution in [2.75, 3.05) is 23.9 Å². The van der Waals surface area contributed by atoms with Crippen LogP contribution in [0.1, 0.15) is 13.8 Å². The van der Waals surface area contributed by atoms with Gasteiger partial charge in [-0.25, -0.2) is 9.97 Å². The Morgan fingerprint density at radius 2 is 2.33 bits per heavy atom. The van der Waals surface area contributed by atoms with Crippen LogP contribution in [0, 0.1) is 0 Å². The zero-order chi connectivity index (χ0) is 11.1. The highest BCUT2D eigenvalue weighted by atomic mass is 32.2. The maximum absolute atomic E-state index is 5.29. The number of aromatic nitrogens is 2. The Balaban J connectivity index is 2.56. The van der Waals surface area contributed by atoms with Gasteiger partial charge in [0.05, 0.1) is 6.61 Å². The molecule has 1 aromatic rings. The molecule has 1 N–H and O–H groups in total. The molecule has 1 unspecified atom stereocenters. The second-order valence-corrected chi connectivity index (χ2v) is 4.09. The summed E-state index contributed by atoms with van der Waals surface area (Å²) in [7, 11) is 0. The van der Waals surface area contributed by atoms with Crippen LogP contribution in [0.15, 0.2) is 12.4 Å². The average Bonchev–Trinajstić information content (AvgIpc) is 2.19. The van der Waals surface area contributed by atoms with Gasteiger partial charge >= 0.3 is 0 Å². The predicted octanol–water partition coefficient (Wildman–Crippen LogP) is 2.04. The average molecular weight is 227 g/mol. The van der Waals surface area contributed by atoms with E-state index in [1.165, 1.54) is 6.33 Å². The lowest BCUT2D eigenvalue weighted by atomic mass is 10.4. The number of thioether (sulfide) groups is 1. The maximum Gasteiger partial charge on any atom is 0.218 e. The van der Waals surface area contributed by atoms with Crippen LogP contribution < -0.4 is 10.1 Å². The molecule has 0 spiro atoms. The van der Waals surface area contributed by atoms with Gasteiger partial charge in [-0.3, -0.25) is 0 Å². The molecule has 15 heavy (non-hydrogen) atoms. The topological polar surface area (TPSA) is 47.0 Å². The normalized spacial score (nSPS) is 12.2. The first-order valence-electron chi connectivity index (χ1n) is 4.96. The van der Waals surface area contributed by atoms with Crippen molar-refractivity contribution in [2.24, 2.45) is 0 Å². The van der Waals surface area contributed by atoms with Gasteiger partial charge < -0.3 is 10.1 Å². The van der Waals surface area contributed by atoms with E-state index in [0.29, 0.717) is 18.5 Å². The Morgan fingerprint density at radius 3 is 3.00 bits per heavy atom. The molecule has 0 saturated carbocycles. The first kappa shape index (κ1) is 12.1. The maximum atomic E-state index is 5.29. The lowest BCUT2D eigenvalue weighted by Gasteiger charge is -2.13. The van der Waals surface area contributed by atoms with Crippen LogP contribution in [0.5, 0.6) is 5.88 Å². The highest BCUT2D eigenvalue weighted by Gasteiger charge is 2.03. The van der Waals surface area contributed by atoms with Crippen molar-refractivity contribution in [3.63, 3.8) is 0 Å². The third-order valence-corrected chi connectivity index (χ3v) is 2.58. The molecule has 0 fully saturated rings. The lowest BCUT2D eigenvalue weighted by Crippen LogP contribution is -2.18. The monoisotopic (exact) mass is 227 g/mol. The molecular weight excluding hydrogens is 210 g/mol. The molecule has 0 bridgehead atoms. The van der Waals surface area contributed by atoms with Crippen LogP contribution in [0.2, 0.25) is 0 Å². The number of hydrogen-bond acceptors (Lipinski definition) is 5. The van der Waals surface area contributed by atoms with Crippen LogP contribution in [-0.2, 0) is 0 Å². The van der Waals surface area contributed by atoms with Crippen LogP contribution >= 0.6 is 11.8 Å². The lowest BCUT2D eigenvalue weighted by molar-refractivity contribution is 0.326. The van der Waals surface area contributed by atoms with Gasteiger partial charge in [0.2, 0.25) is 5.88 Å². The predicted molar refractivity (Wildman–Crippen MR) is 64.7 cm³/mol. The van der Waals surface area contributed by atoms with E-state index in [4.69, 9.17) is 4.74 Å². The van der Waals surface area contributed by atoms with Gasteiger partial charge in [-0.15, -0.1) is 0 Å². The molecule has 1 atom stereocenters. The quantitative estimate of drug-likeness (QED) is 0.806. The number of rotatable bonds is 6. The van der Waals surface area contributed by atoms with Crippen molar-refractivity contribution in [1.29, 1.82) is 0 Å². The van der Waals surface area contributed by atoms with E-state index >= 15 is 0 Å². The minimum atomic E-state index is 0.393. The van der Waals surface area contributed by atoms with Crippen LogP contribution in [-0.4, -0.2) is 34.6 Å². The summed E-state index contributed by atoms with van der Waals surface area (Å²) in [6.07, 6.45) is 3.60. The Kier molecular flexibility index (Phi) is 5.25. The molecule has 0 aliphatic rings. The zero-order valence-electron chi connectivity index (χ0n) is 9.36. The molecule has 84 valence electrons. The molecule has 0 aliphatic heterocycles. The first-order chi connectivity index (χ1) is 7.26. The van der Waals surface area contributed by atoms with Gasteiger partial charge in [-0.05, 0) is 20.1 Å². The summed E-state index contributed by atoms with van der Waals surface area (Å²) in [6.45, 7) is 4.68. The smallest absolute Gasteiger partial charge is 0.218 e. The van der Waals surface area contributed by atoms with Gasteiger partial charge in [0.25, 0.3) is 0 Å². The second kappa shape index (κ2) is 6.50. The SMILES string of the molecule is CCOc1cc(NC(C)CSC)ncn1. The standard InChI is InChI=1S/C10H17N3OS/c1-4-14-10-5-9(11-7-12-10)13-8(2)6-15-3/h5,7-8H,4,6H2,1-3H3,(H,11,12,13). The molecular formula is C10H17N3OS. The molecule has 1 rings (SSSR count). The van der Waals surface area contributed by atoms with Crippen LogP contribution in [0.25, 0.3) is 0 Å². The van der Waals surface area contributed by atoms with E-state index in [0.717, 1.165) is 11.6 Å². The van der Waals surface area contributed by atoms with Crippen molar-refractivity contribution in [2.45, 2.75) is 19.9 Å². The van der Waals surface area contributed by atoms with Crippen molar-refractivity contribution >= 4 is 17.6 Å². The molecule has 5 heteroatoms. The van der Waals surface area contributed by atoms with E-state index in [1.54, 1.807) is 11.8 Å². The zero-order valence-corrected chi connectivity index (χ0v) is 10.2. The Labute approximate surface area is 94.8 Å². The summed E-state index contributed by atoms with van der Waals surface area (Å²) in [5, 5.41) is 3.29. The summed E-state index contributed by atoms with van der Waals surface area (Å²) in [6, 6.07) is 2.21. The summed E-state index contributed by atoms with van der Waals surface area (Å²) in [5.41, 5.74) is 0. The van der Waals surface area contributed by atoms with Crippen molar-refractivity contribution < 1.29 is 4.74 Å². The molecule has 4 nitrogen and oxygen atoms in total. The third kappa shape index (κ3) is 4.38. The van der Waals surface area contributed by atoms with Gasteiger partial charge in [-0.1, -0.05) is 0 Å². The van der Waals surface area contributed by atoms with Crippen molar-refractivity contribution in [1.82, 2.24) is 9.97 Å². The highest BCUT2D eigenvalue weighted by molar-refractivity contribution is 7.98. The van der Waals surface area contributed by atoms with E-state index in [9.17, 15) is 0 Å². The molecule has 0 aromatic carbocycles. The van der Waals surface area contributed by atoms with Gasteiger partial charge in [0, 0.05) is 17.9 Å².